The molecule has 1 aromatic rings. The van der Waals surface area contributed by atoms with Gasteiger partial charge in [-0.1, -0.05) is 20.8 Å². The van der Waals surface area contributed by atoms with Crippen LogP contribution < -0.4 is 16.4 Å². The molecule has 0 aromatic carbocycles. The Morgan fingerprint density at radius 2 is 2.14 bits per heavy atom. The molecule has 0 aliphatic heterocycles. The molecule has 114 valence electrons. The fraction of sp³-hybridized carbons (Fsp3) is 0.625. The standard InChI is InChI=1S/C16H24N4S/c1-15(2)10-6-7-16(15,3)12(8-10)20-14(21)19-11-4-5-13(17)18-9-11/h4-5,9-10,12H,6-8H2,1-3H3,(H2,17,18)(H2,19,20,21)/t10-,12?,16+/m1/s1. The maximum atomic E-state index is 5.59. The van der Waals surface area contributed by atoms with Crippen molar-refractivity contribution in [2.24, 2.45) is 16.7 Å². The average molecular weight is 304 g/mol. The first-order valence-corrected chi connectivity index (χ1v) is 8.03. The third-order valence-corrected chi connectivity index (χ3v) is 6.36. The monoisotopic (exact) mass is 304 g/mol. The lowest BCUT2D eigenvalue weighted by molar-refractivity contribution is 0.129. The molecule has 0 amide bonds. The fourth-order valence-electron chi connectivity index (χ4n) is 4.23. The van der Waals surface area contributed by atoms with Gasteiger partial charge in [0.1, 0.15) is 5.82 Å². The molecule has 2 aliphatic carbocycles. The van der Waals surface area contributed by atoms with Crippen LogP contribution in [-0.2, 0) is 0 Å². The zero-order valence-electron chi connectivity index (χ0n) is 12.9. The quantitative estimate of drug-likeness (QED) is 0.733. The van der Waals surface area contributed by atoms with E-state index in [2.05, 4.69) is 36.4 Å². The molecular weight excluding hydrogens is 280 g/mol. The van der Waals surface area contributed by atoms with E-state index >= 15 is 0 Å². The maximum absolute atomic E-state index is 5.59. The summed E-state index contributed by atoms with van der Waals surface area (Å²) < 4.78 is 0. The summed E-state index contributed by atoms with van der Waals surface area (Å²) in [5, 5.41) is 7.41. The van der Waals surface area contributed by atoms with Crippen LogP contribution in [0.15, 0.2) is 18.3 Å². The Kier molecular flexibility index (Phi) is 3.35. The van der Waals surface area contributed by atoms with Crippen molar-refractivity contribution in [3.63, 3.8) is 0 Å². The number of thiocarbonyl (C=S) groups is 1. The molecular formula is C16H24N4S. The molecule has 2 bridgehead atoms. The molecule has 0 saturated heterocycles. The van der Waals surface area contributed by atoms with Gasteiger partial charge in [0.25, 0.3) is 0 Å². The molecule has 1 heterocycles. The number of hydrogen-bond acceptors (Lipinski definition) is 3. The number of nitrogen functional groups attached to an aromatic ring is 1. The van der Waals surface area contributed by atoms with Crippen LogP contribution in [0.3, 0.4) is 0 Å². The van der Waals surface area contributed by atoms with Crippen LogP contribution >= 0.6 is 12.2 Å². The van der Waals surface area contributed by atoms with Crippen LogP contribution in [0.1, 0.15) is 40.0 Å². The van der Waals surface area contributed by atoms with E-state index in [0.717, 1.165) is 11.6 Å². The van der Waals surface area contributed by atoms with E-state index in [4.69, 9.17) is 18.0 Å². The lowest BCUT2D eigenvalue weighted by Crippen LogP contribution is -2.48. The molecule has 4 nitrogen and oxygen atoms in total. The Labute approximate surface area is 131 Å². The predicted octanol–water partition coefficient (Wildman–Crippen LogP) is 3.17. The molecule has 2 saturated carbocycles. The largest absolute Gasteiger partial charge is 0.384 e. The van der Waals surface area contributed by atoms with E-state index in [1.807, 2.05) is 6.07 Å². The second kappa shape index (κ2) is 4.83. The van der Waals surface area contributed by atoms with Crippen molar-refractivity contribution in [2.45, 2.75) is 46.1 Å². The van der Waals surface area contributed by atoms with E-state index in [-0.39, 0.29) is 0 Å². The summed E-state index contributed by atoms with van der Waals surface area (Å²) in [4.78, 5) is 4.07. The van der Waals surface area contributed by atoms with Crippen molar-refractivity contribution < 1.29 is 0 Å². The highest BCUT2D eigenvalue weighted by Gasteiger charge is 2.61. The van der Waals surface area contributed by atoms with Crippen molar-refractivity contribution in [1.82, 2.24) is 10.3 Å². The predicted molar refractivity (Wildman–Crippen MR) is 91.0 cm³/mol. The highest BCUT2D eigenvalue weighted by atomic mass is 32.1. The number of nitrogens with one attached hydrogen (secondary N) is 2. The molecule has 1 aromatic heterocycles. The summed E-state index contributed by atoms with van der Waals surface area (Å²) in [5.74, 6) is 1.32. The Balaban J connectivity index is 1.65. The zero-order chi connectivity index (χ0) is 15.3. The summed E-state index contributed by atoms with van der Waals surface area (Å²) in [5.41, 5.74) is 7.17. The third kappa shape index (κ3) is 2.27. The molecule has 4 N–H and O–H groups in total. The van der Waals surface area contributed by atoms with Crippen LogP contribution in [0, 0.1) is 16.7 Å². The minimum Gasteiger partial charge on any atom is -0.384 e. The van der Waals surface area contributed by atoms with Crippen molar-refractivity contribution in [3.8, 4) is 0 Å². The minimum atomic E-state index is 0.322. The zero-order valence-corrected chi connectivity index (χ0v) is 13.8. The van der Waals surface area contributed by atoms with E-state index in [1.165, 1.54) is 19.3 Å². The van der Waals surface area contributed by atoms with Gasteiger partial charge in [0.2, 0.25) is 0 Å². The van der Waals surface area contributed by atoms with Gasteiger partial charge >= 0.3 is 0 Å². The normalized spacial score (nSPS) is 32.9. The lowest BCUT2D eigenvalue weighted by Gasteiger charge is -2.39. The van der Waals surface area contributed by atoms with Crippen LogP contribution in [0.4, 0.5) is 11.5 Å². The number of pyridine rings is 1. The van der Waals surface area contributed by atoms with Gasteiger partial charge in [-0.15, -0.1) is 0 Å². The molecule has 5 heteroatoms. The van der Waals surface area contributed by atoms with E-state index in [1.54, 1.807) is 12.3 Å². The first kappa shape index (κ1) is 14.6. The van der Waals surface area contributed by atoms with E-state index in [0.29, 0.717) is 27.8 Å². The molecule has 0 spiro atoms. The minimum absolute atomic E-state index is 0.322. The number of aromatic nitrogens is 1. The number of hydrogen-bond donors (Lipinski definition) is 3. The smallest absolute Gasteiger partial charge is 0.171 e. The van der Waals surface area contributed by atoms with Gasteiger partial charge in [0.15, 0.2) is 5.11 Å². The van der Waals surface area contributed by atoms with Crippen molar-refractivity contribution >= 4 is 28.8 Å². The van der Waals surface area contributed by atoms with Crippen LogP contribution in [0.25, 0.3) is 0 Å². The van der Waals surface area contributed by atoms with E-state index < -0.39 is 0 Å². The number of nitrogens with two attached hydrogens (primary N) is 1. The van der Waals surface area contributed by atoms with Gasteiger partial charge < -0.3 is 16.4 Å². The van der Waals surface area contributed by atoms with Crippen LogP contribution in [0.2, 0.25) is 0 Å². The number of nitrogens with zero attached hydrogens (tertiary/aromatic N) is 1. The van der Waals surface area contributed by atoms with Crippen molar-refractivity contribution in [3.05, 3.63) is 18.3 Å². The Hall–Kier alpha value is -1.36. The molecule has 2 aliphatic rings. The van der Waals surface area contributed by atoms with Crippen LogP contribution in [0.5, 0.6) is 0 Å². The molecule has 3 atom stereocenters. The number of fused-ring (bicyclic) bond motifs is 2. The molecule has 3 rings (SSSR count). The second-order valence-corrected chi connectivity index (χ2v) is 7.64. The van der Waals surface area contributed by atoms with Gasteiger partial charge in [-0.25, -0.2) is 4.98 Å². The van der Waals surface area contributed by atoms with Crippen molar-refractivity contribution in [2.75, 3.05) is 11.1 Å². The summed E-state index contributed by atoms with van der Waals surface area (Å²) in [6.45, 7) is 7.23. The van der Waals surface area contributed by atoms with Crippen molar-refractivity contribution in [1.29, 1.82) is 0 Å². The van der Waals surface area contributed by atoms with Gasteiger partial charge in [-0.2, -0.15) is 0 Å². The maximum Gasteiger partial charge on any atom is 0.171 e. The fourth-order valence-corrected chi connectivity index (χ4v) is 4.49. The number of rotatable bonds is 2. The van der Waals surface area contributed by atoms with Gasteiger partial charge in [0.05, 0.1) is 11.9 Å². The highest BCUT2D eigenvalue weighted by Crippen LogP contribution is 2.65. The van der Waals surface area contributed by atoms with Crippen LogP contribution in [-0.4, -0.2) is 16.1 Å². The molecule has 0 radical (unpaired) electrons. The Morgan fingerprint density at radius 1 is 1.38 bits per heavy atom. The first-order chi connectivity index (χ1) is 9.83. The Bertz CT molecular complexity index is 554. The lowest BCUT2D eigenvalue weighted by atomic mass is 9.69. The Morgan fingerprint density at radius 3 is 2.67 bits per heavy atom. The molecule has 2 fully saturated rings. The van der Waals surface area contributed by atoms with E-state index in [9.17, 15) is 0 Å². The van der Waals surface area contributed by atoms with Gasteiger partial charge in [-0.05, 0) is 60.4 Å². The number of anilines is 2. The summed E-state index contributed by atoms with van der Waals surface area (Å²) in [6.07, 6.45) is 5.55. The molecule has 21 heavy (non-hydrogen) atoms. The average Bonchev–Trinajstić information content (AvgIpc) is 2.74. The summed E-state index contributed by atoms with van der Waals surface area (Å²) in [6, 6.07) is 4.11. The SMILES string of the molecule is CC1(C)[C@@H]2CC[C@@]1(C)C(NC(=S)Nc1ccc(N)nc1)C2. The first-order valence-electron chi connectivity index (χ1n) is 7.62. The highest BCUT2D eigenvalue weighted by molar-refractivity contribution is 7.80. The van der Waals surface area contributed by atoms with Gasteiger partial charge in [-0.3, -0.25) is 0 Å². The topological polar surface area (TPSA) is 63.0 Å². The molecule has 1 unspecified atom stereocenters. The third-order valence-electron chi connectivity index (χ3n) is 6.14. The summed E-state index contributed by atoms with van der Waals surface area (Å²) >= 11 is 5.46. The van der Waals surface area contributed by atoms with Gasteiger partial charge in [0, 0.05) is 6.04 Å². The summed E-state index contributed by atoms with van der Waals surface area (Å²) in [7, 11) is 0. The second-order valence-electron chi connectivity index (χ2n) is 7.23.